The fraction of sp³-hybridized carbons (Fsp3) is 1.00. The minimum atomic E-state index is -2.14. The first-order valence-corrected chi connectivity index (χ1v) is 21.2. The number of rotatable bonds is 6. The van der Waals surface area contributed by atoms with Crippen LogP contribution in [0, 0.1) is 0 Å². The van der Waals surface area contributed by atoms with Crippen LogP contribution in [0.1, 0.15) is 0 Å². The number of hydrogen-bond donors (Lipinski definition) is 18. The minimum Gasteiger partial charge on any atom is -0.394 e. The zero-order chi connectivity index (χ0) is 48.0. The van der Waals surface area contributed by atoms with Gasteiger partial charge in [0.1, 0.15) is 140 Å². The van der Waals surface area contributed by atoms with Gasteiger partial charge in [0.05, 0.1) is 45.7 Å². The summed E-state index contributed by atoms with van der Waals surface area (Å²) in [5.41, 5.74) is 6.31. The average molecular weight is 972 g/mol. The van der Waals surface area contributed by atoms with Gasteiger partial charge in [0.15, 0.2) is 37.7 Å². The van der Waals surface area contributed by atoms with Crippen LogP contribution < -0.4 is 5.73 Å². The second-order valence-corrected chi connectivity index (χ2v) is 16.9. The summed E-state index contributed by atoms with van der Waals surface area (Å²) >= 11 is 0. The van der Waals surface area contributed by atoms with Crippen molar-refractivity contribution < 1.29 is 144 Å². The van der Waals surface area contributed by atoms with E-state index in [9.17, 15) is 86.8 Å². The maximum absolute atomic E-state index is 11.3. The van der Waals surface area contributed by atoms with Crippen LogP contribution in [0.2, 0.25) is 0 Å². The molecular formula is C36H61NO29. The van der Waals surface area contributed by atoms with E-state index in [2.05, 4.69) is 0 Å². The van der Waals surface area contributed by atoms with Gasteiger partial charge in [0.25, 0.3) is 0 Å². The van der Waals surface area contributed by atoms with Gasteiger partial charge in [-0.15, -0.1) is 0 Å². The van der Waals surface area contributed by atoms with E-state index in [1.54, 1.807) is 0 Å². The van der Waals surface area contributed by atoms with Gasteiger partial charge in [-0.05, 0) is 0 Å². The molecule has 12 bridgehead atoms. The molecule has 66 heavy (non-hydrogen) atoms. The van der Waals surface area contributed by atoms with Crippen LogP contribution in [0.3, 0.4) is 0 Å². The van der Waals surface area contributed by atoms with Gasteiger partial charge in [-0.3, -0.25) is 0 Å². The van der Waals surface area contributed by atoms with Crippen molar-refractivity contribution in [1.29, 1.82) is 0 Å². The largest absolute Gasteiger partial charge is 0.394 e. The Morgan fingerprint density at radius 2 is 0.394 bits per heavy atom. The van der Waals surface area contributed by atoms with Crippen molar-refractivity contribution in [2.45, 2.75) is 184 Å². The van der Waals surface area contributed by atoms with Crippen molar-refractivity contribution in [3.63, 3.8) is 0 Å². The second kappa shape index (κ2) is 22.1. The van der Waals surface area contributed by atoms with Crippen LogP contribution in [0.25, 0.3) is 0 Å². The highest BCUT2D eigenvalue weighted by Gasteiger charge is 2.58. The van der Waals surface area contributed by atoms with Gasteiger partial charge in [0.2, 0.25) is 0 Å². The molecule has 0 radical (unpaired) electrons. The molecule has 30 nitrogen and oxygen atoms in total. The molecule has 0 spiro atoms. The van der Waals surface area contributed by atoms with Crippen molar-refractivity contribution >= 4 is 0 Å². The minimum absolute atomic E-state index is 0.919. The van der Waals surface area contributed by atoms with E-state index in [1.807, 2.05) is 0 Å². The third-order valence-corrected chi connectivity index (χ3v) is 12.8. The highest BCUT2D eigenvalue weighted by Crippen LogP contribution is 2.37. The lowest BCUT2D eigenvalue weighted by Crippen LogP contribution is -2.69. The summed E-state index contributed by atoms with van der Waals surface area (Å²) in [6, 6.07) is -1.61. The van der Waals surface area contributed by atoms with Gasteiger partial charge in [0, 0.05) is 0 Å². The molecule has 22 fully saturated rings. The molecule has 384 valence electrons. The molecule has 0 aromatic carbocycles. The lowest BCUT2D eigenvalue weighted by atomic mass is 9.94. The Balaban J connectivity index is 1.19. The lowest BCUT2D eigenvalue weighted by molar-refractivity contribution is -0.401. The second-order valence-electron chi connectivity index (χ2n) is 16.9. The van der Waals surface area contributed by atoms with Crippen LogP contribution in [-0.2, 0) is 56.8 Å². The van der Waals surface area contributed by atoms with Crippen molar-refractivity contribution in [3.05, 3.63) is 0 Å². The normalized spacial score (nSPS) is 55.4. The van der Waals surface area contributed by atoms with E-state index in [4.69, 9.17) is 62.6 Å². The number of ether oxygens (including phenoxy) is 12. The Kier molecular flexibility index (Phi) is 17.6. The fourth-order valence-electron chi connectivity index (χ4n) is 8.99. The molecule has 22 aliphatic heterocycles. The Bertz CT molecular complexity index is 1240. The number of aliphatic hydroxyl groups excluding tert-OH is 17. The smallest absolute Gasteiger partial charge is 0.187 e. The van der Waals surface area contributed by atoms with Crippen molar-refractivity contribution in [3.8, 4) is 0 Å². The van der Waals surface area contributed by atoms with Crippen LogP contribution >= 0.6 is 0 Å². The van der Waals surface area contributed by atoms with Gasteiger partial charge >= 0.3 is 0 Å². The van der Waals surface area contributed by atoms with Crippen molar-refractivity contribution in [2.24, 2.45) is 5.73 Å². The lowest BCUT2D eigenvalue weighted by Gasteiger charge is -2.50. The molecule has 0 aromatic heterocycles. The molecule has 0 saturated carbocycles. The third-order valence-electron chi connectivity index (χ3n) is 12.8. The molecule has 30 heteroatoms. The molecule has 0 amide bonds. The number of aliphatic hydroxyl groups is 17. The van der Waals surface area contributed by atoms with Gasteiger partial charge in [-0.2, -0.15) is 0 Å². The highest BCUT2D eigenvalue weighted by atomic mass is 16.8. The van der Waals surface area contributed by atoms with E-state index >= 15 is 0 Å². The first-order valence-electron chi connectivity index (χ1n) is 21.2. The molecule has 22 aliphatic rings. The molecule has 19 N–H and O–H groups in total. The summed E-state index contributed by atoms with van der Waals surface area (Å²) < 4.78 is 68.3. The van der Waals surface area contributed by atoms with Crippen LogP contribution in [-0.4, -0.2) is 311 Å². The van der Waals surface area contributed by atoms with Crippen LogP contribution in [0.4, 0.5) is 0 Å². The van der Waals surface area contributed by atoms with Crippen molar-refractivity contribution in [2.75, 3.05) is 39.6 Å². The van der Waals surface area contributed by atoms with E-state index in [-0.39, 0.29) is 0 Å². The Labute approximate surface area is 373 Å². The zero-order valence-electron chi connectivity index (χ0n) is 34.6. The highest BCUT2D eigenvalue weighted by molar-refractivity contribution is 5.01. The number of nitrogens with two attached hydrogens (primary N) is 1. The summed E-state index contributed by atoms with van der Waals surface area (Å²) in [6.07, 6.45) is -55.1. The maximum atomic E-state index is 11.3. The first kappa shape index (κ1) is 52.6. The molecule has 0 unspecified atom stereocenters. The van der Waals surface area contributed by atoms with E-state index in [1.165, 1.54) is 0 Å². The van der Waals surface area contributed by atoms with Crippen LogP contribution in [0.5, 0.6) is 0 Å². The van der Waals surface area contributed by atoms with Gasteiger partial charge in [-0.1, -0.05) is 0 Å². The SMILES string of the molecule is N[C@H]1[C@H](O)[C@H]2O[C@H]3[C@H](O)[C@@H](O)[C@@H](O[C@H]4[C@H](O)[C@@H](O)[C@@H](O[C@H]5[C@H](O)[C@@H](O)[C@@H](O[C@H]6[C@H](O)[C@@H](O)[C@@H](O[C@H]7[C@H](O)[C@@H](O)[C@@H](O[C@@H]1[C@@H](CO)O2)O[C@@H]7CO)O[C@@H]6CO)O[C@@H]5CO)O[C@@H]4CO)O[C@@H]3CO. The predicted octanol–water partition coefficient (Wildman–Crippen LogP) is -13.1. The standard InChI is InChI=1S/C36H61NO29/c37-13-14(44)31-55-7(1-38)25(13)61-32-20(50)15(45)27(9(3-40)56-32)63-34-22(52)17(47)29(11(5-42)58-34)65-36-24(54)19(49)30(12(6-43)60-36)66-35-23(53)18(48)28(10(4-41)59-35)64-33-21(51)16(46)26(62-31)8(2-39)57-33/h7-36,38-54H,1-6,37H2/t7-,8-,9-,10-,11-,12-,13+,14+,15-,16-,17-,18-,19-,20-,21-,22-,23-,24-,25-,26-,27-,28-,29-,30-,31-,32-,33-,34-,35-,36-/m1/s1. The number of hydrogen-bond acceptors (Lipinski definition) is 30. The predicted molar refractivity (Wildman–Crippen MR) is 198 cm³/mol. The summed E-state index contributed by atoms with van der Waals surface area (Å²) in [5, 5.41) is 185. The van der Waals surface area contributed by atoms with Crippen LogP contribution in [0.15, 0.2) is 0 Å². The molecule has 22 rings (SSSR count). The summed E-state index contributed by atoms with van der Waals surface area (Å²) in [4.78, 5) is 0. The zero-order valence-corrected chi connectivity index (χ0v) is 34.6. The summed E-state index contributed by atoms with van der Waals surface area (Å²) in [7, 11) is 0. The molecule has 22 heterocycles. The topological polar surface area (TPSA) is 481 Å². The molecule has 0 aromatic rings. The van der Waals surface area contributed by atoms with E-state index in [0.29, 0.717) is 0 Å². The maximum Gasteiger partial charge on any atom is 0.187 e. The van der Waals surface area contributed by atoms with E-state index < -0.39 is 224 Å². The quantitative estimate of drug-likeness (QED) is 0.117. The first-order chi connectivity index (χ1) is 31.4. The molecule has 22 saturated heterocycles. The molecule has 30 atom stereocenters. The average Bonchev–Trinajstić information content (AvgIpc) is 3.31. The summed E-state index contributed by atoms with van der Waals surface area (Å²) in [5.74, 6) is 0. The Hall–Kier alpha value is -1.20. The molecular weight excluding hydrogens is 910 g/mol. The Morgan fingerprint density at radius 3 is 0.591 bits per heavy atom. The summed E-state index contributed by atoms with van der Waals surface area (Å²) in [6.45, 7) is -5.82. The van der Waals surface area contributed by atoms with Gasteiger partial charge < -0.3 is 149 Å². The van der Waals surface area contributed by atoms with E-state index in [0.717, 1.165) is 0 Å². The fourth-order valence-corrected chi connectivity index (χ4v) is 8.99. The Morgan fingerprint density at radius 1 is 0.227 bits per heavy atom. The third kappa shape index (κ3) is 10.0. The van der Waals surface area contributed by atoms with Crippen molar-refractivity contribution in [1.82, 2.24) is 0 Å². The molecule has 0 aliphatic carbocycles. The van der Waals surface area contributed by atoms with Gasteiger partial charge in [-0.25, -0.2) is 0 Å². The monoisotopic (exact) mass is 971 g/mol.